The average molecular weight is 221 g/mol. The Bertz CT molecular complexity index is 311. The summed E-state index contributed by atoms with van der Waals surface area (Å²) in [6.07, 6.45) is 5.74. The largest absolute Gasteiger partial charge is 0.385 e. The lowest BCUT2D eigenvalue weighted by molar-refractivity contribution is -0.122. The van der Waals surface area contributed by atoms with Crippen LogP contribution < -0.4 is 0 Å². The molecule has 0 spiro atoms. The molecule has 0 amide bonds. The number of aromatic nitrogens is 1. The van der Waals surface area contributed by atoms with Gasteiger partial charge in [0, 0.05) is 38.4 Å². The number of Topliss-reactive ketones (excluding diaryl/α,β-unsaturated/α-hetero) is 1. The summed E-state index contributed by atoms with van der Waals surface area (Å²) in [7, 11) is 1.66. The Morgan fingerprint density at radius 1 is 1.44 bits per heavy atom. The number of carbonyl (C=O) groups is 1. The van der Waals surface area contributed by atoms with Crippen molar-refractivity contribution in [2.45, 2.75) is 26.2 Å². The summed E-state index contributed by atoms with van der Waals surface area (Å²) in [6.45, 7) is 2.62. The minimum Gasteiger partial charge on any atom is -0.385 e. The summed E-state index contributed by atoms with van der Waals surface area (Å²) in [4.78, 5) is 15.7. The van der Waals surface area contributed by atoms with Crippen LogP contribution in [-0.2, 0) is 16.0 Å². The number of methoxy groups -OCH3 is 1. The van der Waals surface area contributed by atoms with E-state index in [9.17, 15) is 4.79 Å². The molecule has 1 atom stereocenters. The lowest BCUT2D eigenvalue weighted by Crippen LogP contribution is -2.13. The fourth-order valence-electron chi connectivity index (χ4n) is 1.52. The Morgan fingerprint density at radius 2 is 2.12 bits per heavy atom. The zero-order valence-corrected chi connectivity index (χ0v) is 9.98. The summed E-state index contributed by atoms with van der Waals surface area (Å²) in [5, 5.41) is 0. The first-order valence-corrected chi connectivity index (χ1v) is 5.64. The number of hydrogen-bond acceptors (Lipinski definition) is 3. The van der Waals surface area contributed by atoms with Crippen LogP contribution in [0.5, 0.6) is 0 Å². The van der Waals surface area contributed by atoms with Crippen molar-refractivity contribution >= 4 is 5.78 Å². The van der Waals surface area contributed by atoms with Crippen LogP contribution in [0.15, 0.2) is 24.5 Å². The molecule has 1 aromatic heterocycles. The zero-order chi connectivity index (χ0) is 11.8. The van der Waals surface area contributed by atoms with E-state index < -0.39 is 0 Å². The highest BCUT2D eigenvalue weighted by Gasteiger charge is 2.12. The molecule has 3 nitrogen and oxygen atoms in total. The molecule has 0 radical (unpaired) electrons. The molecule has 0 aliphatic heterocycles. The van der Waals surface area contributed by atoms with Crippen LogP contribution in [0.25, 0.3) is 0 Å². The van der Waals surface area contributed by atoms with E-state index >= 15 is 0 Å². The molecule has 0 N–H and O–H groups in total. The molecule has 0 aromatic carbocycles. The molecule has 0 fully saturated rings. The lowest BCUT2D eigenvalue weighted by atomic mass is 9.97. The summed E-state index contributed by atoms with van der Waals surface area (Å²) >= 11 is 0. The van der Waals surface area contributed by atoms with Crippen molar-refractivity contribution in [2.24, 2.45) is 5.92 Å². The van der Waals surface area contributed by atoms with Gasteiger partial charge in [0.1, 0.15) is 5.78 Å². The maximum atomic E-state index is 11.8. The third-order valence-corrected chi connectivity index (χ3v) is 2.71. The van der Waals surface area contributed by atoms with Gasteiger partial charge in [-0.05, 0) is 30.5 Å². The van der Waals surface area contributed by atoms with Crippen molar-refractivity contribution in [1.29, 1.82) is 0 Å². The van der Waals surface area contributed by atoms with Crippen molar-refractivity contribution in [1.82, 2.24) is 4.98 Å². The monoisotopic (exact) mass is 221 g/mol. The number of ether oxygens (including phenoxy) is 1. The van der Waals surface area contributed by atoms with Gasteiger partial charge in [-0.25, -0.2) is 0 Å². The molecule has 0 bridgehead atoms. The topological polar surface area (TPSA) is 39.2 Å². The van der Waals surface area contributed by atoms with Gasteiger partial charge in [-0.2, -0.15) is 0 Å². The number of ketones is 1. The fraction of sp³-hybridized carbons (Fsp3) is 0.538. The van der Waals surface area contributed by atoms with Gasteiger partial charge in [-0.3, -0.25) is 9.78 Å². The number of carbonyl (C=O) groups excluding carboxylic acids is 1. The van der Waals surface area contributed by atoms with Gasteiger partial charge in [-0.15, -0.1) is 0 Å². The molecule has 0 saturated heterocycles. The first kappa shape index (κ1) is 12.8. The molecule has 1 aromatic rings. The molecule has 16 heavy (non-hydrogen) atoms. The SMILES string of the molecule is COCCC(C)C(=O)CCc1ccncc1. The summed E-state index contributed by atoms with van der Waals surface area (Å²) in [5.74, 6) is 0.413. The molecule has 0 aliphatic carbocycles. The number of hydrogen-bond donors (Lipinski definition) is 0. The first-order chi connectivity index (χ1) is 7.74. The summed E-state index contributed by atoms with van der Waals surface area (Å²) < 4.78 is 4.96. The Kier molecular flexibility index (Phi) is 5.72. The van der Waals surface area contributed by atoms with E-state index in [2.05, 4.69) is 4.98 Å². The van der Waals surface area contributed by atoms with Crippen LogP contribution in [0.1, 0.15) is 25.3 Å². The normalized spacial score (nSPS) is 12.4. The second-order valence-electron chi connectivity index (χ2n) is 4.00. The van der Waals surface area contributed by atoms with E-state index in [-0.39, 0.29) is 5.92 Å². The van der Waals surface area contributed by atoms with Gasteiger partial charge >= 0.3 is 0 Å². The van der Waals surface area contributed by atoms with Crippen LogP contribution in [-0.4, -0.2) is 24.5 Å². The van der Waals surface area contributed by atoms with Crippen LogP contribution in [0, 0.1) is 5.92 Å². The Labute approximate surface area is 96.8 Å². The standard InChI is InChI=1S/C13H19NO2/c1-11(7-10-16-2)13(15)4-3-12-5-8-14-9-6-12/h5-6,8-9,11H,3-4,7,10H2,1-2H3. The highest BCUT2D eigenvalue weighted by Crippen LogP contribution is 2.09. The van der Waals surface area contributed by atoms with Gasteiger partial charge in [0.2, 0.25) is 0 Å². The van der Waals surface area contributed by atoms with Crippen LogP contribution in [0.4, 0.5) is 0 Å². The summed E-state index contributed by atoms with van der Waals surface area (Å²) in [5.41, 5.74) is 1.17. The highest BCUT2D eigenvalue weighted by atomic mass is 16.5. The van der Waals surface area contributed by atoms with Crippen LogP contribution in [0.3, 0.4) is 0 Å². The van der Waals surface area contributed by atoms with Gasteiger partial charge in [-0.1, -0.05) is 6.92 Å². The minimum atomic E-state index is 0.0989. The maximum Gasteiger partial charge on any atom is 0.136 e. The minimum absolute atomic E-state index is 0.0989. The first-order valence-electron chi connectivity index (χ1n) is 5.64. The van der Waals surface area contributed by atoms with E-state index in [4.69, 9.17) is 4.74 Å². The molecule has 0 saturated carbocycles. The second kappa shape index (κ2) is 7.12. The quantitative estimate of drug-likeness (QED) is 0.709. The molecule has 3 heteroatoms. The van der Waals surface area contributed by atoms with Gasteiger partial charge in [0.05, 0.1) is 0 Å². The maximum absolute atomic E-state index is 11.8. The zero-order valence-electron chi connectivity index (χ0n) is 9.98. The molecule has 88 valence electrons. The summed E-state index contributed by atoms with van der Waals surface area (Å²) in [6, 6.07) is 3.90. The van der Waals surface area contributed by atoms with Crippen molar-refractivity contribution < 1.29 is 9.53 Å². The molecule has 1 unspecified atom stereocenters. The molecule has 1 rings (SSSR count). The van der Waals surface area contributed by atoms with Gasteiger partial charge in [0.15, 0.2) is 0 Å². The van der Waals surface area contributed by atoms with E-state index in [1.54, 1.807) is 19.5 Å². The molecule has 0 aliphatic rings. The van der Waals surface area contributed by atoms with E-state index in [0.29, 0.717) is 18.8 Å². The van der Waals surface area contributed by atoms with Crippen molar-refractivity contribution in [3.05, 3.63) is 30.1 Å². The van der Waals surface area contributed by atoms with Crippen molar-refractivity contribution in [3.63, 3.8) is 0 Å². The van der Waals surface area contributed by atoms with E-state index in [1.807, 2.05) is 19.1 Å². The molecular formula is C13H19NO2. The number of aryl methyl sites for hydroxylation is 1. The third kappa shape index (κ3) is 4.53. The Hall–Kier alpha value is -1.22. The van der Waals surface area contributed by atoms with Crippen molar-refractivity contribution in [3.8, 4) is 0 Å². The molecular weight excluding hydrogens is 202 g/mol. The highest BCUT2D eigenvalue weighted by molar-refractivity contribution is 5.80. The van der Waals surface area contributed by atoms with E-state index in [0.717, 1.165) is 12.8 Å². The second-order valence-corrected chi connectivity index (χ2v) is 4.00. The molecule has 1 heterocycles. The number of rotatable bonds is 7. The predicted octanol–water partition coefficient (Wildman–Crippen LogP) is 2.26. The lowest BCUT2D eigenvalue weighted by Gasteiger charge is -2.09. The van der Waals surface area contributed by atoms with E-state index in [1.165, 1.54) is 5.56 Å². The third-order valence-electron chi connectivity index (χ3n) is 2.71. The van der Waals surface area contributed by atoms with Gasteiger partial charge in [0.25, 0.3) is 0 Å². The smallest absolute Gasteiger partial charge is 0.136 e. The Morgan fingerprint density at radius 3 is 2.75 bits per heavy atom. The predicted molar refractivity (Wildman–Crippen MR) is 63.2 cm³/mol. The van der Waals surface area contributed by atoms with Crippen molar-refractivity contribution in [2.75, 3.05) is 13.7 Å². The Balaban J connectivity index is 2.29. The van der Waals surface area contributed by atoms with Crippen LogP contribution >= 0.6 is 0 Å². The van der Waals surface area contributed by atoms with Crippen LogP contribution in [0.2, 0.25) is 0 Å². The fourth-order valence-corrected chi connectivity index (χ4v) is 1.52. The number of nitrogens with zero attached hydrogens (tertiary/aromatic N) is 1. The number of pyridine rings is 1. The van der Waals surface area contributed by atoms with Gasteiger partial charge < -0.3 is 4.74 Å². The average Bonchev–Trinajstić information content (AvgIpc) is 2.34.